The molecule has 0 spiro atoms. The first-order valence-corrected chi connectivity index (χ1v) is 9.14. The topological polar surface area (TPSA) is 121 Å². The van der Waals surface area contributed by atoms with Crippen LogP contribution in [0.5, 0.6) is 0 Å². The Morgan fingerprint density at radius 3 is 2.36 bits per heavy atom. The van der Waals surface area contributed by atoms with Crippen molar-refractivity contribution in [1.29, 1.82) is 0 Å². The van der Waals surface area contributed by atoms with Gasteiger partial charge >= 0.3 is 5.97 Å². The molecule has 0 radical (unpaired) electrons. The highest BCUT2D eigenvalue weighted by molar-refractivity contribution is 7.89. The van der Waals surface area contributed by atoms with E-state index in [1.54, 1.807) is 24.3 Å². The number of rotatable bonds is 8. The number of carboxylic acid groups (broad SMARTS) is 1. The number of hydrogen-bond donors (Lipinski definition) is 3. The van der Waals surface area contributed by atoms with Crippen molar-refractivity contribution >= 4 is 21.8 Å². The summed E-state index contributed by atoms with van der Waals surface area (Å²) in [6.07, 6.45) is 2.50. The fourth-order valence-electron chi connectivity index (χ4n) is 1.87. The highest BCUT2D eigenvalue weighted by Gasteiger charge is 2.13. The molecular formula is C16H20N4O4S. The molecule has 0 aliphatic carbocycles. The lowest BCUT2D eigenvalue weighted by atomic mass is 10.2. The first-order valence-electron chi connectivity index (χ1n) is 7.66. The Hall–Kier alpha value is -2.52. The van der Waals surface area contributed by atoms with E-state index in [1.807, 2.05) is 13.8 Å². The fourth-order valence-corrected chi connectivity index (χ4v) is 3.08. The van der Waals surface area contributed by atoms with E-state index in [-0.39, 0.29) is 16.5 Å². The molecule has 0 saturated heterocycles. The monoisotopic (exact) mass is 364 g/mol. The zero-order chi connectivity index (χ0) is 18.4. The van der Waals surface area contributed by atoms with Crippen LogP contribution in [0.3, 0.4) is 0 Å². The molecular weight excluding hydrogens is 344 g/mol. The summed E-state index contributed by atoms with van der Waals surface area (Å²) in [7, 11) is -3.50. The van der Waals surface area contributed by atoms with E-state index in [0.29, 0.717) is 18.9 Å². The third-order valence-corrected chi connectivity index (χ3v) is 4.70. The molecule has 0 aliphatic rings. The molecule has 134 valence electrons. The third kappa shape index (κ3) is 5.50. The number of anilines is 1. The van der Waals surface area contributed by atoms with Gasteiger partial charge < -0.3 is 10.4 Å². The van der Waals surface area contributed by atoms with Gasteiger partial charge in [-0.15, -0.1) is 0 Å². The Balaban J connectivity index is 1.97. The van der Waals surface area contributed by atoms with Gasteiger partial charge in [-0.2, -0.15) is 0 Å². The number of nitrogens with zero attached hydrogens (tertiary/aromatic N) is 2. The minimum absolute atomic E-state index is 0.131. The van der Waals surface area contributed by atoms with Gasteiger partial charge in [0.05, 0.1) is 17.3 Å². The molecule has 3 N–H and O–H groups in total. The second-order valence-electron chi connectivity index (χ2n) is 5.84. The van der Waals surface area contributed by atoms with Crippen molar-refractivity contribution in [2.75, 3.05) is 11.9 Å². The minimum Gasteiger partial charge on any atom is -0.476 e. The van der Waals surface area contributed by atoms with E-state index in [1.165, 1.54) is 12.4 Å². The lowest BCUT2D eigenvalue weighted by Crippen LogP contribution is -2.27. The van der Waals surface area contributed by atoms with Crippen LogP contribution in [0.4, 0.5) is 5.82 Å². The molecule has 8 nitrogen and oxygen atoms in total. The minimum atomic E-state index is -3.50. The van der Waals surface area contributed by atoms with Crippen LogP contribution in [-0.2, 0) is 16.6 Å². The van der Waals surface area contributed by atoms with E-state index >= 15 is 0 Å². The maximum absolute atomic E-state index is 12.1. The van der Waals surface area contributed by atoms with Gasteiger partial charge in [0.25, 0.3) is 0 Å². The average molecular weight is 364 g/mol. The second kappa shape index (κ2) is 8.04. The molecule has 2 aromatic rings. The van der Waals surface area contributed by atoms with Crippen LogP contribution in [0.2, 0.25) is 0 Å². The van der Waals surface area contributed by atoms with Crippen molar-refractivity contribution in [3.63, 3.8) is 0 Å². The maximum atomic E-state index is 12.1. The molecule has 9 heteroatoms. The number of carbonyl (C=O) groups is 1. The van der Waals surface area contributed by atoms with Crippen LogP contribution in [0.1, 0.15) is 29.9 Å². The molecule has 1 heterocycles. The fraction of sp³-hybridized carbons (Fsp3) is 0.312. The molecule has 0 unspecified atom stereocenters. The predicted molar refractivity (Wildman–Crippen MR) is 92.8 cm³/mol. The summed E-state index contributed by atoms with van der Waals surface area (Å²) in [5.41, 5.74) is 0.723. The summed E-state index contributed by atoms with van der Waals surface area (Å²) < 4.78 is 26.8. The third-order valence-electron chi connectivity index (χ3n) is 3.26. The number of sulfonamides is 1. The largest absolute Gasteiger partial charge is 0.476 e. The summed E-state index contributed by atoms with van der Waals surface area (Å²) in [5, 5.41) is 11.8. The average Bonchev–Trinajstić information content (AvgIpc) is 2.59. The summed E-state index contributed by atoms with van der Waals surface area (Å²) in [4.78, 5) is 18.6. The standard InChI is InChI=1S/C16H20N4O4S/c1-11(2)7-20-25(23,24)13-5-3-12(4-6-13)8-18-15-10-17-14(9-19-15)16(21)22/h3-6,9-11,20H,7-8H2,1-2H3,(H,18,19)(H,21,22). The summed E-state index contributed by atoms with van der Waals surface area (Å²) in [6.45, 7) is 4.66. The molecule has 0 aliphatic heterocycles. The van der Waals surface area contributed by atoms with Gasteiger partial charge in [-0.3, -0.25) is 0 Å². The van der Waals surface area contributed by atoms with E-state index in [2.05, 4.69) is 20.0 Å². The van der Waals surface area contributed by atoms with Gasteiger partial charge in [-0.25, -0.2) is 27.9 Å². The lowest BCUT2D eigenvalue weighted by molar-refractivity contribution is 0.0690. The lowest BCUT2D eigenvalue weighted by Gasteiger charge is -2.10. The predicted octanol–water partition coefficient (Wildman–Crippen LogP) is 1.72. The van der Waals surface area contributed by atoms with Crippen LogP contribution in [0.15, 0.2) is 41.6 Å². The second-order valence-corrected chi connectivity index (χ2v) is 7.60. The first kappa shape index (κ1) is 18.8. The maximum Gasteiger partial charge on any atom is 0.356 e. The van der Waals surface area contributed by atoms with Gasteiger partial charge in [0.15, 0.2) is 5.69 Å². The van der Waals surface area contributed by atoms with Gasteiger partial charge in [0.1, 0.15) is 5.82 Å². The Bertz CT molecular complexity index is 818. The molecule has 25 heavy (non-hydrogen) atoms. The Morgan fingerprint density at radius 2 is 1.84 bits per heavy atom. The SMILES string of the molecule is CC(C)CNS(=O)(=O)c1ccc(CNc2cnc(C(=O)O)cn2)cc1. The van der Waals surface area contributed by atoms with E-state index in [4.69, 9.17) is 5.11 Å². The number of carboxylic acids is 1. The molecule has 0 bridgehead atoms. The normalized spacial score (nSPS) is 11.5. The Kier molecular flexibility index (Phi) is 6.05. The van der Waals surface area contributed by atoms with Crippen LogP contribution < -0.4 is 10.0 Å². The molecule has 1 aromatic carbocycles. The Labute approximate surface area is 146 Å². The number of hydrogen-bond acceptors (Lipinski definition) is 6. The van der Waals surface area contributed by atoms with Gasteiger partial charge in [0.2, 0.25) is 10.0 Å². The van der Waals surface area contributed by atoms with Crippen molar-refractivity contribution in [3.05, 3.63) is 47.9 Å². The highest BCUT2D eigenvalue weighted by atomic mass is 32.2. The quantitative estimate of drug-likeness (QED) is 0.652. The van der Waals surface area contributed by atoms with E-state index < -0.39 is 16.0 Å². The van der Waals surface area contributed by atoms with Crippen molar-refractivity contribution in [2.24, 2.45) is 5.92 Å². The summed E-state index contributed by atoms with van der Waals surface area (Å²) in [5.74, 6) is -0.478. The number of aromatic nitrogens is 2. The molecule has 0 atom stereocenters. The van der Waals surface area contributed by atoms with Gasteiger partial charge in [0, 0.05) is 13.1 Å². The number of nitrogens with one attached hydrogen (secondary N) is 2. The molecule has 0 amide bonds. The van der Waals surface area contributed by atoms with Crippen molar-refractivity contribution in [3.8, 4) is 0 Å². The van der Waals surface area contributed by atoms with Gasteiger partial charge in [-0.1, -0.05) is 26.0 Å². The number of benzene rings is 1. The molecule has 0 saturated carbocycles. The van der Waals surface area contributed by atoms with Crippen LogP contribution in [-0.4, -0.2) is 36.0 Å². The van der Waals surface area contributed by atoms with Crippen LogP contribution in [0.25, 0.3) is 0 Å². The zero-order valence-corrected chi connectivity index (χ0v) is 14.7. The highest BCUT2D eigenvalue weighted by Crippen LogP contribution is 2.12. The molecule has 1 aromatic heterocycles. The van der Waals surface area contributed by atoms with Crippen LogP contribution >= 0.6 is 0 Å². The smallest absolute Gasteiger partial charge is 0.356 e. The summed E-state index contributed by atoms with van der Waals surface area (Å²) in [6, 6.07) is 6.49. The van der Waals surface area contributed by atoms with Gasteiger partial charge in [-0.05, 0) is 23.6 Å². The van der Waals surface area contributed by atoms with Crippen molar-refractivity contribution in [1.82, 2.24) is 14.7 Å². The van der Waals surface area contributed by atoms with E-state index in [0.717, 1.165) is 5.56 Å². The van der Waals surface area contributed by atoms with Crippen molar-refractivity contribution in [2.45, 2.75) is 25.3 Å². The number of aromatic carboxylic acids is 1. The Morgan fingerprint density at radius 1 is 1.16 bits per heavy atom. The molecule has 0 fully saturated rings. The van der Waals surface area contributed by atoms with Crippen molar-refractivity contribution < 1.29 is 18.3 Å². The van der Waals surface area contributed by atoms with Crippen LogP contribution in [0, 0.1) is 5.92 Å². The summed E-state index contributed by atoms with van der Waals surface area (Å²) >= 11 is 0. The first-order chi connectivity index (χ1) is 11.8. The molecule has 2 rings (SSSR count). The zero-order valence-electron chi connectivity index (χ0n) is 13.9. The van der Waals surface area contributed by atoms with E-state index in [9.17, 15) is 13.2 Å².